The molecule has 1 fully saturated rings. The molecule has 1 aliphatic rings. The average Bonchev–Trinajstić information content (AvgIpc) is 2.50. The van der Waals surface area contributed by atoms with Crippen LogP contribution in [-0.4, -0.2) is 48.4 Å². The van der Waals surface area contributed by atoms with Crippen LogP contribution in [0.2, 0.25) is 0 Å². The molecule has 0 radical (unpaired) electrons. The van der Waals surface area contributed by atoms with E-state index in [1.165, 1.54) is 0 Å². The van der Waals surface area contributed by atoms with Crippen molar-refractivity contribution in [3.05, 3.63) is 0 Å². The minimum absolute atomic E-state index is 0.0177. The predicted molar refractivity (Wildman–Crippen MR) is 106 cm³/mol. The zero-order valence-corrected chi connectivity index (χ0v) is 18.7. The summed E-state index contributed by atoms with van der Waals surface area (Å²) < 4.78 is 15.2. The van der Waals surface area contributed by atoms with Gasteiger partial charge in [0, 0.05) is 19.5 Å². The summed E-state index contributed by atoms with van der Waals surface area (Å²) in [6, 6.07) is 0. The van der Waals surface area contributed by atoms with E-state index in [0.717, 1.165) is 0 Å². The molecule has 162 valence electrons. The summed E-state index contributed by atoms with van der Waals surface area (Å²) in [5.74, 6) is -0.319. The summed E-state index contributed by atoms with van der Waals surface area (Å²) in [6.45, 7) is 16.8. The van der Waals surface area contributed by atoms with Crippen LogP contribution >= 0.6 is 0 Å². The van der Waals surface area contributed by atoms with Crippen LogP contribution in [0.25, 0.3) is 0 Å². The monoisotopic (exact) mass is 399 g/mol. The fourth-order valence-electron chi connectivity index (χ4n) is 3.33. The summed E-state index contributed by atoms with van der Waals surface area (Å²) in [5.41, 5.74) is -0.672. The minimum Gasteiger partial charge on any atom is -0.444 e. The van der Waals surface area contributed by atoms with E-state index in [-0.39, 0.29) is 42.3 Å². The highest BCUT2D eigenvalue weighted by Crippen LogP contribution is 2.39. The van der Waals surface area contributed by atoms with E-state index < -0.39 is 17.7 Å². The lowest BCUT2D eigenvalue weighted by Gasteiger charge is -2.44. The zero-order chi connectivity index (χ0) is 21.7. The number of esters is 1. The number of amides is 1. The number of nitrogens with zero attached hydrogens (tertiary/aromatic N) is 1. The third-order valence-electron chi connectivity index (χ3n) is 4.68. The summed E-state index contributed by atoms with van der Waals surface area (Å²) in [5, 5.41) is 0. The number of carbonyl (C=O) groups is 3. The van der Waals surface area contributed by atoms with Gasteiger partial charge in [-0.2, -0.15) is 0 Å². The average molecular weight is 400 g/mol. The molecule has 0 aromatic carbocycles. The van der Waals surface area contributed by atoms with Gasteiger partial charge in [0.1, 0.15) is 5.60 Å². The van der Waals surface area contributed by atoms with Gasteiger partial charge in [0.05, 0.1) is 6.61 Å². The Morgan fingerprint density at radius 2 is 1.68 bits per heavy atom. The normalized spacial score (nSPS) is 20.7. The molecule has 1 rings (SSSR count). The van der Waals surface area contributed by atoms with Gasteiger partial charge in [-0.3, -0.25) is 4.79 Å². The smallest absolute Gasteiger partial charge is 0.444 e. The highest BCUT2D eigenvalue weighted by Gasteiger charge is 2.40. The van der Waals surface area contributed by atoms with E-state index in [1.54, 1.807) is 4.90 Å². The van der Waals surface area contributed by atoms with Crippen molar-refractivity contribution >= 4 is 18.2 Å². The van der Waals surface area contributed by atoms with Gasteiger partial charge in [0.25, 0.3) is 0 Å². The molecule has 0 aromatic heterocycles. The number of piperidine rings is 1. The number of hydrogen-bond acceptors (Lipinski definition) is 6. The molecular formula is C21H37NO6. The molecule has 2 unspecified atom stereocenters. The second-order valence-electron chi connectivity index (χ2n) is 10.1. The molecule has 7 heteroatoms. The van der Waals surface area contributed by atoms with Gasteiger partial charge in [0.2, 0.25) is 0 Å². The Kier molecular flexibility index (Phi) is 8.32. The Labute approximate surface area is 169 Å². The molecule has 7 nitrogen and oxygen atoms in total. The molecule has 28 heavy (non-hydrogen) atoms. The highest BCUT2D eigenvalue weighted by atomic mass is 16.7. The first-order valence-electron chi connectivity index (χ1n) is 10.0. The van der Waals surface area contributed by atoms with Gasteiger partial charge < -0.3 is 19.1 Å². The fourth-order valence-corrected chi connectivity index (χ4v) is 3.33. The van der Waals surface area contributed by atoms with E-state index >= 15 is 0 Å². The maximum atomic E-state index is 12.4. The Morgan fingerprint density at radius 1 is 1.07 bits per heavy atom. The van der Waals surface area contributed by atoms with E-state index in [4.69, 9.17) is 14.2 Å². The largest absolute Gasteiger partial charge is 0.516 e. The maximum Gasteiger partial charge on any atom is 0.516 e. The van der Waals surface area contributed by atoms with Crippen LogP contribution < -0.4 is 0 Å². The lowest BCUT2D eigenvalue weighted by molar-refractivity contribution is -0.142. The van der Waals surface area contributed by atoms with Crippen LogP contribution in [0.5, 0.6) is 0 Å². The first kappa shape index (κ1) is 24.2. The molecule has 0 spiro atoms. The lowest BCUT2D eigenvalue weighted by atomic mass is 9.69. The number of carbonyl (C=O) groups excluding carboxylic acids is 3. The molecule has 0 N–H and O–H groups in total. The molecule has 1 heterocycles. The Morgan fingerprint density at radius 3 is 2.18 bits per heavy atom. The van der Waals surface area contributed by atoms with Gasteiger partial charge >= 0.3 is 18.2 Å². The van der Waals surface area contributed by atoms with Crippen molar-refractivity contribution in [2.24, 2.45) is 23.2 Å². The number of ether oxygens (including phenoxy) is 3. The molecule has 0 aromatic rings. The topological polar surface area (TPSA) is 82.1 Å². The van der Waals surface area contributed by atoms with Gasteiger partial charge in [0.15, 0.2) is 0 Å². The summed E-state index contributed by atoms with van der Waals surface area (Å²) in [7, 11) is 0. The molecule has 1 saturated heterocycles. The molecule has 0 bridgehead atoms. The minimum atomic E-state index is -0.947. The molecule has 1 amide bonds. The van der Waals surface area contributed by atoms with Crippen LogP contribution in [0.1, 0.15) is 68.2 Å². The molecule has 2 atom stereocenters. The first-order valence-corrected chi connectivity index (χ1v) is 10.0. The lowest BCUT2D eigenvalue weighted by Crippen LogP contribution is -2.49. The SMILES string of the molecule is CC(C)COC(=O)OC(=O)CC1CCN(C(=O)OC(C)(C)C)CC1C(C)(C)C. The maximum absolute atomic E-state index is 12.4. The predicted octanol–water partition coefficient (Wildman–Crippen LogP) is 4.63. The third-order valence-corrected chi connectivity index (χ3v) is 4.68. The summed E-state index contributed by atoms with van der Waals surface area (Å²) >= 11 is 0. The second kappa shape index (κ2) is 9.61. The quantitative estimate of drug-likeness (QED) is 0.506. The highest BCUT2D eigenvalue weighted by molar-refractivity contribution is 5.82. The van der Waals surface area contributed by atoms with Crippen LogP contribution in [-0.2, 0) is 19.0 Å². The Balaban J connectivity index is 2.70. The third kappa shape index (κ3) is 8.48. The van der Waals surface area contributed by atoms with E-state index in [0.29, 0.717) is 19.5 Å². The molecule has 1 aliphatic heterocycles. The Hall–Kier alpha value is -1.79. The van der Waals surface area contributed by atoms with E-state index in [9.17, 15) is 14.4 Å². The molecule has 0 aliphatic carbocycles. The Bertz CT molecular complexity index is 558. The van der Waals surface area contributed by atoms with E-state index in [2.05, 4.69) is 20.8 Å². The van der Waals surface area contributed by atoms with Crippen LogP contribution in [0.15, 0.2) is 0 Å². The van der Waals surface area contributed by atoms with Gasteiger partial charge in [-0.15, -0.1) is 0 Å². The second-order valence-corrected chi connectivity index (χ2v) is 10.1. The van der Waals surface area contributed by atoms with Crippen LogP contribution in [0, 0.1) is 23.2 Å². The fraction of sp³-hybridized carbons (Fsp3) is 0.857. The number of likely N-dealkylation sites (tertiary alicyclic amines) is 1. The van der Waals surface area contributed by atoms with Crippen molar-refractivity contribution in [1.82, 2.24) is 4.90 Å². The van der Waals surface area contributed by atoms with Gasteiger partial charge in [-0.05, 0) is 50.4 Å². The summed E-state index contributed by atoms with van der Waals surface area (Å²) in [4.78, 5) is 38.0. The van der Waals surface area contributed by atoms with Crippen molar-refractivity contribution in [3.63, 3.8) is 0 Å². The van der Waals surface area contributed by atoms with Crippen LogP contribution in [0.3, 0.4) is 0 Å². The van der Waals surface area contributed by atoms with Crippen molar-refractivity contribution in [2.45, 2.75) is 73.8 Å². The van der Waals surface area contributed by atoms with E-state index in [1.807, 2.05) is 34.6 Å². The molecule has 0 saturated carbocycles. The number of hydrogen-bond donors (Lipinski definition) is 0. The van der Waals surface area contributed by atoms with Gasteiger partial charge in [-0.25, -0.2) is 9.59 Å². The van der Waals surface area contributed by atoms with Crippen molar-refractivity contribution in [1.29, 1.82) is 0 Å². The standard InChI is InChI=1S/C21H37NO6/c1-14(2)13-26-19(25)27-17(23)11-15-9-10-22(12-16(15)20(3,4)5)18(24)28-21(6,7)8/h14-16H,9-13H2,1-8H3. The summed E-state index contributed by atoms with van der Waals surface area (Å²) in [6.07, 6.45) is -0.504. The first-order chi connectivity index (χ1) is 12.7. The van der Waals surface area contributed by atoms with Crippen molar-refractivity contribution in [2.75, 3.05) is 19.7 Å². The molecular weight excluding hydrogens is 362 g/mol. The number of rotatable bonds is 4. The van der Waals surface area contributed by atoms with Crippen LogP contribution in [0.4, 0.5) is 9.59 Å². The zero-order valence-electron chi connectivity index (χ0n) is 18.7. The van der Waals surface area contributed by atoms with Crippen molar-refractivity contribution < 1.29 is 28.6 Å². The van der Waals surface area contributed by atoms with Crippen molar-refractivity contribution in [3.8, 4) is 0 Å². The van der Waals surface area contributed by atoms with Gasteiger partial charge in [-0.1, -0.05) is 34.6 Å².